The van der Waals surface area contributed by atoms with Crippen molar-refractivity contribution < 1.29 is 9.30 Å². The Kier molecular flexibility index (Phi) is 6.25. The monoisotopic (exact) mass is 427 g/mol. The molecule has 4 heteroatoms. The van der Waals surface area contributed by atoms with E-state index in [1.807, 2.05) is 104 Å². The molecule has 31 heavy (non-hydrogen) atoms. The van der Waals surface area contributed by atoms with Gasteiger partial charge in [-0.3, -0.25) is 0 Å². The summed E-state index contributed by atoms with van der Waals surface area (Å²) in [5.74, 6) is 0.503. The molecule has 0 amide bonds. The van der Waals surface area contributed by atoms with Gasteiger partial charge in [-0.05, 0) is 30.7 Å². The average Bonchev–Trinajstić information content (AvgIpc) is 2.85. The highest BCUT2D eigenvalue weighted by Gasteiger charge is 2.34. The van der Waals surface area contributed by atoms with Crippen LogP contribution in [0.5, 0.6) is 5.75 Å². The summed E-state index contributed by atoms with van der Waals surface area (Å²) in [5.41, 5.74) is 3.03. The molecular weight excluding hydrogens is 401 g/mol. The number of hydrogen-bond acceptors (Lipinski definition) is 3. The van der Waals surface area contributed by atoms with Gasteiger partial charge in [-0.25, -0.2) is 0 Å². The van der Waals surface area contributed by atoms with Gasteiger partial charge in [-0.1, -0.05) is 91.0 Å². The third kappa shape index (κ3) is 4.28. The van der Waals surface area contributed by atoms with Crippen molar-refractivity contribution in [3.05, 3.63) is 109 Å². The summed E-state index contributed by atoms with van der Waals surface area (Å²) in [6.07, 6.45) is 0. The fraction of sp³-hybridized carbons (Fsp3) is 0.111. The molecule has 1 atom stereocenters. The molecule has 0 aliphatic rings. The Hall–Kier alpha value is -3.29. The predicted molar refractivity (Wildman–Crippen MR) is 131 cm³/mol. The average molecular weight is 427 g/mol. The Morgan fingerprint density at radius 3 is 1.94 bits per heavy atom. The number of rotatable bonds is 7. The van der Waals surface area contributed by atoms with Crippen LogP contribution in [0.3, 0.4) is 0 Å². The summed E-state index contributed by atoms with van der Waals surface area (Å²) in [7, 11) is -1.28. The van der Waals surface area contributed by atoms with Crippen LogP contribution in [0.2, 0.25) is 0 Å². The number of methoxy groups -OCH3 is 1. The minimum Gasteiger partial charge on any atom is -0.497 e. The molecule has 0 radical (unpaired) electrons. The van der Waals surface area contributed by atoms with Crippen LogP contribution < -0.4 is 20.7 Å². The molecule has 0 saturated carbocycles. The molecule has 1 N–H and O–H groups in total. The smallest absolute Gasteiger partial charge is 0.163 e. The molecule has 0 spiro atoms. The lowest BCUT2D eigenvalue weighted by Gasteiger charge is -2.28. The zero-order chi connectivity index (χ0) is 21.7. The van der Waals surface area contributed by atoms with Crippen LogP contribution in [0.15, 0.2) is 109 Å². The maximum Gasteiger partial charge on any atom is 0.163 e. The second kappa shape index (κ2) is 9.24. The Labute approximate surface area is 184 Å². The summed E-state index contributed by atoms with van der Waals surface area (Å²) in [4.78, 5) is 0. The molecule has 0 aliphatic heterocycles. The van der Waals surface area contributed by atoms with E-state index < -0.39 is 7.14 Å². The minimum absolute atomic E-state index is 0.302. The molecule has 0 fully saturated rings. The van der Waals surface area contributed by atoms with Crippen molar-refractivity contribution in [3.8, 4) is 16.9 Å². The lowest BCUT2D eigenvalue weighted by molar-refractivity contribution is 0.415. The van der Waals surface area contributed by atoms with Gasteiger partial charge in [-0.2, -0.15) is 0 Å². The molecule has 0 bridgehead atoms. The first-order chi connectivity index (χ1) is 15.1. The lowest BCUT2D eigenvalue weighted by atomic mass is 10.0. The number of benzene rings is 4. The van der Waals surface area contributed by atoms with Crippen LogP contribution in [-0.4, -0.2) is 12.9 Å². The Morgan fingerprint density at radius 2 is 1.32 bits per heavy atom. The molecular formula is C27H26NO2P. The van der Waals surface area contributed by atoms with Crippen molar-refractivity contribution in [1.29, 1.82) is 0 Å². The van der Waals surface area contributed by atoms with Crippen LogP contribution >= 0.6 is 7.14 Å². The van der Waals surface area contributed by atoms with Crippen molar-refractivity contribution in [2.45, 2.75) is 12.7 Å². The van der Waals surface area contributed by atoms with E-state index in [-0.39, 0.29) is 5.78 Å². The summed E-state index contributed by atoms with van der Waals surface area (Å²) in [6.45, 7) is 2.00. The normalized spacial score (nSPS) is 12.2. The Morgan fingerprint density at radius 1 is 0.742 bits per heavy atom. The van der Waals surface area contributed by atoms with E-state index in [4.69, 9.17) is 4.74 Å². The van der Waals surface area contributed by atoms with E-state index in [9.17, 15) is 4.57 Å². The van der Waals surface area contributed by atoms with Crippen molar-refractivity contribution in [2.75, 3.05) is 12.4 Å². The van der Waals surface area contributed by atoms with Gasteiger partial charge in [0, 0.05) is 21.9 Å². The maximum atomic E-state index is 14.6. The quantitative estimate of drug-likeness (QED) is 0.360. The van der Waals surface area contributed by atoms with Crippen LogP contribution in [0.1, 0.15) is 6.92 Å². The first-order valence-corrected chi connectivity index (χ1v) is 12.1. The van der Waals surface area contributed by atoms with E-state index in [2.05, 4.69) is 17.4 Å². The summed E-state index contributed by atoms with van der Waals surface area (Å²) < 4.78 is 20.0. The van der Waals surface area contributed by atoms with Crippen LogP contribution in [0.25, 0.3) is 11.1 Å². The number of nitrogens with one attached hydrogen (secondary N) is 1. The number of para-hydroxylation sites is 1. The molecule has 0 aliphatic carbocycles. The van der Waals surface area contributed by atoms with Gasteiger partial charge in [0.1, 0.15) is 5.75 Å². The van der Waals surface area contributed by atoms with Gasteiger partial charge in [-0.15, -0.1) is 0 Å². The first kappa shape index (κ1) is 21.0. The van der Waals surface area contributed by atoms with E-state index >= 15 is 0 Å². The van der Waals surface area contributed by atoms with Crippen LogP contribution in [0.4, 0.5) is 5.69 Å². The van der Waals surface area contributed by atoms with Gasteiger partial charge in [0.05, 0.1) is 12.9 Å². The summed E-state index contributed by atoms with van der Waals surface area (Å²) in [5, 5.41) is 5.27. The fourth-order valence-electron chi connectivity index (χ4n) is 3.86. The topological polar surface area (TPSA) is 38.3 Å². The highest BCUT2D eigenvalue weighted by atomic mass is 31.2. The first-order valence-electron chi connectivity index (χ1n) is 10.3. The lowest BCUT2D eigenvalue weighted by Crippen LogP contribution is -2.29. The minimum atomic E-state index is -2.94. The standard InChI is InChI=1S/C27H26NO2P/c1-21(31(29,24-14-5-3-6-15-24)25-16-7-4-8-17-25)28-27-19-10-9-18-26(27)22-12-11-13-23(20-22)30-2/h3-21,28H,1-2H3. The van der Waals surface area contributed by atoms with Gasteiger partial charge < -0.3 is 14.6 Å². The molecule has 0 heterocycles. The molecule has 4 rings (SSSR count). The third-order valence-electron chi connectivity index (χ3n) is 5.50. The molecule has 0 saturated heterocycles. The zero-order valence-corrected chi connectivity index (χ0v) is 18.6. The number of anilines is 1. The fourth-order valence-corrected chi connectivity index (χ4v) is 6.61. The molecule has 3 nitrogen and oxygen atoms in total. The predicted octanol–water partition coefficient (Wildman–Crippen LogP) is 6.13. The highest BCUT2D eigenvalue weighted by Crippen LogP contribution is 2.49. The van der Waals surface area contributed by atoms with Gasteiger partial charge >= 0.3 is 0 Å². The number of ether oxygens (including phenoxy) is 1. The van der Waals surface area contributed by atoms with E-state index in [0.717, 1.165) is 33.2 Å². The second-order valence-corrected chi connectivity index (χ2v) is 10.6. The van der Waals surface area contributed by atoms with E-state index in [1.54, 1.807) is 7.11 Å². The molecule has 0 aromatic heterocycles. The Balaban J connectivity index is 1.76. The van der Waals surface area contributed by atoms with Crippen molar-refractivity contribution in [1.82, 2.24) is 0 Å². The van der Waals surface area contributed by atoms with Crippen molar-refractivity contribution >= 4 is 23.4 Å². The maximum absolute atomic E-state index is 14.6. The molecule has 1 unspecified atom stereocenters. The third-order valence-corrected chi connectivity index (χ3v) is 8.85. The van der Waals surface area contributed by atoms with Gasteiger partial charge in [0.25, 0.3) is 0 Å². The molecule has 156 valence electrons. The van der Waals surface area contributed by atoms with Gasteiger partial charge in [0.2, 0.25) is 0 Å². The summed E-state index contributed by atoms with van der Waals surface area (Å²) >= 11 is 0. The second-order valence-electron chi connectivity index (χ2n) is 7.43. The molecule has 4 aromatic rings. The Bertz CT molecular complexity index is 1150. The van der Waals surface area contributed by atoms with Crippen LogP contribution in [0, 0.1) is 0 Å². The molecule has 4 aromatic carbocycles. The summed E-state index contributed by atoms with van der Waals surface area (Å²) in [6, 6.07) is 35.6. The highest BCUT2D eigenvalue weighted by molar-refractivity contribution is 7.79. The zero-order valence-electron chi connectivity index (χ0n) is 17.7. The van der Waals surface area contributed by atoms with Gasteiger partial charge in [0.15, 0.2) is 7.14 Å². The van der Waals surface area contributed by atoms with E-state index in [0.29, 0.717) is 0 Å². The largest absolute Gasteiger partial charge is 0.497 e. The van der Waals surface area contributed by atoms with Crippen molar-refractivity contribution in [2.24, 2.45) is 0 Å². The van der Waals surface area contributed by atoms with Crippen molar-refractivity contribution in [3.63, 3.8) is 0 Å². The van der Waals surface area contributed by atoms with Crippen LogP contribution in [-0.2, 0) is 4.57 Å². The SMILES string of the molecule is COc1cccc(-c2ccccc2NC(C)P(=O)(c2ccccc2)c2ccccc2)c1. The number of hydrogen-bond donors (Lipinski definition) is 1. The van der Waals surface area contributed by atoms with E-state index in [1.165, 1.54) is 0 Å².